The first-order valence-electron chi connectivity index (χ1n) is 5.51. The average Bonchev–Trinajstić information content (AvgIpc) is 2.16. The largest absolute Gasteiger partial charge is 0.385 e. The second-order valence-electron chi connectivity index (χ2n) is 3.62. The van der Waals surface area contributed by atoms with E-state index < -0.39 is 0 Å². The fraction of sp³-hybridized carbons (Fsp3) is 1.00. The maximum atomic E-state index is 5.03. The third-order valence-corrected chi connectivity index (χ3v) is 2.47. The zero-order valence-electron chi connectivity index (χ0n) is 9.44. The first-order chi connectivity index (χ1) is 6.35. The Morgan fingerprint density at radius 2 is 1.85 bits per heavy atom. The number of ether oxygens (including phenoxy) is 1. The number of hydrogen-bond donors (Lipinski definition) is 1. The minimum atomic E-state index is 0.696. The molecule has 0 heterocycles. The zero-order chi connectivity index (χ0) is 9.94. The number of unbranched alkanes of at least 4 members (excludes halogenated alkanes) is 2. The summed E-state index contributed by atoms with van der Waals surface area (Å²) in [4.78, 5) is 0. The second kappa shape index (κ2) is 10.0. The van der Waals surface area contributed by atoms with Crippen molar-refractivity contribution in [2.45, 2.75) is 51.5 Å². The molecule has 2 nitrogen and oxygen atoms in total. The van der Waals surface area contributed by atoms with E-state index in [0.29, 0.717) is 6.04 Å². The van der Waals surface area contributed by atoms with Crippen LogP contribution in [0.5, 0.6) is 0 Å². The smallest absolute Gasteiger partial charge is 0.0462 e. The van der Waals surface area contributed by atoms with Crippen molar-refractivity contribution in [3.05, 3.63) is 0 Å². The minimum Gasteiger partial charge on any atom is -0.385 e. The number of nitrogens with one attached hydrogen (secondary N) is 1. The highest BCUT2D eigenvalue weighted by atomic mass is 16.5. The standard InChI is InChI=1S/C11H25NO/c1-4-5-6-8-11(12-2)9-7-10-13-3/h11-12H,4-10H2,1-3H3. The lowest BCUT2D eigenvalue weighted by molar-refractivity contribution is 0.188. The van der Waals surface area contributed by atoms with Crippen LogP contribution in [0.1, 0.15) is 45.4 Å². The van der Waals surface area contributed by atoms with Gasteiger partial charge in [0.15, 0.2) is 0 Å². The lowest BCUT2D eigenvalue weighted by atomic mass is 10.0. The maximum absolute atomic E-state index is 5.03. The van der Waals surface area contributed by atoms with Crippen LogP contribution < -0.4 is 5.32 Å². The van der Waals surface area contributed by atoms with E-state index in [9.17, 15) is 0 Å². The fourth-order valence-corrected chi connectivity index (χ4v) is 1.55. The minimum absolute atomic E-state index is 0.696. The Morgan fingerprint density at radius 1 is 1.15 bits per heavy atom. The van der Waals surface area contributed by atoms with Gasteiger partial charge in [-0.15, -0.1) is 0 Å². The molecule has 1 N–H and O–H groups in total. The number of methoxy groups -OCH3 is 1. The molecule has 0 aromatic carbocycles. The van der Waals surface area contributed by atoms with Crippen molar-refractivity contribution >= 4 is 0 Å². The Bertz CT molecular complexity index is 86.1. The summed E-state index contributed by atoms with van der Waals surface area (Å²) in [6.45, 7) is 3.14. The number of rotatable bonds is 9. The van der Waals surface area contributed by atoms with Crippen molar-refractivity contribution in [3.8, 4) is 0 Å². The molecule has 0 aliphatic heterocycles. The Morgan fingerprint density at radius 3 is 2.38 bits per heavy atom. The van der Waals surface area contributed by atoms with Crippen LogP contribution in [0, 0.1) is 0 Å². The van der Waals surface area contributed by atoms with Crippen LogP contribution in [0.2, 0.25) is 0 Å². The van der Waals surface area contributed by atoms with Crippen molar-refractivity contribution in [1.29, 1.82) is 0 Å². The maximum Gasteiger partial charge on any atom is 0.0462 e. The monoisotopic (exact) mass is 187 g/mol. The summed E-state index contributed by atoms with van der Waals surface area (Å²) in [5.74, 6) is 0. The molecule has 0 bridgehead atoms. The molecule has 0 amide bonds. The van der Waals surface area contributed by atoms with E-state index in [1.165, 1.54) is 38.5 Å². The first-order valence-corrected chi connectivity index (χ1v) is 5.51. The normalized spacial score (nSPS) is 13.2. The summed E-state index contributed by atoms with van der Waals surface area (Å²) >= 11 is 0. The molecule has 0 saturated carbocycles. The molecule has 0 saturated heterocycles. The molecule has 2 heteroatoms. The second-order valence-corrected chi connectivity index (χ2v) is 3.62. The van der Waals surface area contributed by atoms with Crippen molar-refractivity contribution in [2.24, 2.45) is 0 Å². The lowest BCUT2D eigenvalue weighted by Gasteiger charge is -2.15. The molecule has 0 fully saturated rings. The van der Waals surface area contributed by atoms with Crippen molar-refractivity contribution in [3.63, 3.8) is 0 Å². The van der Waals surface area contributed by atoms with E-state index in [1.807, 2.05) is 0 Å². The number of hydrogen-bond acceptors (Lipinski definition) is 2. The lowest BCUT2D eigenvalue weighted by Crippen LogP contribution is -2.25. The van der Waals surface area contributed by atoms with Gasteiger partial charge in [0.25, 0.3) is 0 Å². The van der Waals surface area contributed by atoms with Gasteiger partial charge in [-0.3, -0.25) is 0 Å². The van der Waals surface area contributed by atoms with Crippen LogP contribution in [-0.2, 0) is 4.74 Å². The predicted molar refractivity (Wildman–Crippen MR) is 58.1 cm³/mol. The molecule has 0 rings (SSSR count). The molecule has 1 atom stereocenters. The van der Waals surface area contributed by atoms with Gasteiger partial charge in [0, 0.05) is 19.8 Å². The van der Waals surface area contributed by atoms with Crippen molar-refractivity contribution in [1.82, 2.24) is 5.32 Å². The molecule has 0 aromatic rings. The summed E-state index contributed by atoms with van der Waals surface area (Å²) < 4.78 is 5.03. The predicted octanol–water partition coefficient (Wildman–Crippen LogP) is 2.58. The Hall–Kier alpha value is -0.0800. The summed E-state index contributed by atoms with van der Waals surface area (Å²) in [5, 5.41) is 3.36. The molecule has 80 valence electrons. The van der Waals surface area contributed by atoms with Crippen LogP contribution in [0.25, 0.3) is 0 Å². The van der Waals surface area contributed by atoms with Crippen LogP contribution in [-0.4, -0.2) is 26.8 Å². The molecule has 0 spiro atoms. The van der Waals surface area contributed by atoms with Crippen LogP contribution in [0.3, 0.4) is 0 Å². The SMILES string of the molecule is CCCCCC(CCCOC)NC. The summed E-state index contributed by atoms with van der Waals surface area (Å²) in [5.41, 5.74) is 0. The van der Waals surface area contributed by atoms with Crippen molar-refractivity contribution in [2.75, 3.05) is 20.8 Å². The average molecular weight is 187 g/mol. The molecule has 0 aliphatic rings. The van der Waals surface area contributed by atoms with E-state index in [2.05, 4.69) is 19.3 Å². The summed E-state index contributed by atoms with van der Waals surface area (Å²) in [7, 11) is 3.83. The first kappa shape index (κ1) is 12.9. The topological polar surface area (TPSA) is 21.3 Å². The van der Waals surface area contributed by atoms with Crippen LogP contribution in [0.4, 0.5) is 0 Å². The molecular weight excluding hydrogens is 162 g/mol. The third-order valence-electron chi connectivity index (χ3n) is 2.47. The Kier molecular flexibility index (Phi) is 9.94. The van der Waals surface area contributed by atoms with Gasteiger partial charge in [0.1, 0.15) is 0 Å². The highest BCUT2D eigenvalue weighted by Crippen LogP contribution is 2.07. The quantitative estimate of drug-likeness (QED) is 0.560. The van der Waals surface area contributed by atoms with E-state index >= 15 is 0 Å². The van der Waals surface area contributed by atoms with Gasteiger partial charge in [-0.1, -0.05) is 26.2 Å². The van der Waals surface area contributed by atoms with Gasteiger partial charge in [0.2, 0.25) is 0 Å². The molecule has 0 aliphatic carbocycles. The van der Waals surface area contributed by atoms with E-state index in [4.69, 9.17) is 4.74 Å². The van der Waals surface area contributed by atoms with Gasteiger partial charge >= 0.3 is 0 Å². The Balaban J connectivity index is 3.28. The van der Waals surface area contributed by atoms with E-state index in [-0.39, 0.29) is 0 Å². The van der Waals surface area contributed by atoms with E-state index in [1.54, 1.807) is 7.11 Å². The summed E-state index contributed by atoms with van der Waals surface area (Å²) in [6, 6.07) is 0.696. The van der Waals surface area contributed by atoms with Gasteiger partial charge in [-0.2, -0.15) is 0 Å². The molecule has 13 heavy (non-hydrogen) atoms. The van der Waals surface area contributed by atoms with Gasteiger partial charge in [-0.25, -0.2) is 0 Å². The zero-order valence-corrected chi connectivity index (χ0v) is 9.44. The van der Waals surface area contributed by atoms with E-state index in [0.717, 1.165) is 6.61 Å². The van der Waals surface area contributed by atoms with Crippen LogP contribution in [0.15, 0.2) is 0 Å². The summed E-state index contributed by atoms with van der Waals surface area (Å²) in [6.07, 6.45) is 7.77. The van der Waals surface area contributed by atoms with Gasteiger partial charge in [0.05, 0.1) is 0 Å². The Labute approximate surface area is 83.1 Å². The highest BCUT2D eigenvalue weighted by Gasteiger charge is 2.04. The third kappa shape index (κ3) is 8.26. The fourth-order valence-electron chi connectivity index (χ4n) is 1.55. The van der Waals surface area contributed by atoms with Crippen LogP contribution >= 0.6 is 0 Å². The van der Waals surface area contributed by atoms with Gasteiger partial charge < -0.3 is 10.1 Å². The molecule has 0 radical (unpaired) electrons. The van der Waals surface area contributed by atoms with Crippen molar-refractivity contribution < 1.29 is 4.74 Å². The molecule has 1 unspecified atom stereocenters. The molecular formula is C11H25NO. The van der Waals surface area contributed by atoms with Gasteiger partial charge in [-0.05, 0) is 26.3 Å². The molecule has 0 aromatic heterocycles. The highest BCUT2D eigenvalue weighted by molar-refractivity contribution is 4.64.